The molecule has 0 amide bonds. The molecule has 0 radical (unpaired) electrons. The van der Waals surface area contributed by atoms with Crippen LogP contribution in [-0.2, 0) is 11.3 Å². The van der Waals surface area contributed by atoms with Crippen LogP contribution in [0.25, 0.3) is 0 Å². The molecule has 2 heteroatoms. The first-order valence-corrected chi connectivity index (χ1v) is 5.32. The van der Waals surface area contributed by atoms with E-state index in [-0.39, 0.29) is 6.23 Å². The van der Waals surface area contributed by atoms with Gasteiger partial charge in [0, 0.05) is 6.54 Å². The van der Waals surface area contributed by atoms with Crippen molar-refractivity contribution >= 4 is 0 Å². The Labute approximate surface area is 92.2 Å². The highest BCUT2D eigenvalue weighted by atomic mass is 16.5. The Morgan fingerprint density at radius 1 is 1.40 bits per heavy atom. The first kappa shape index (κ1) is 11.8. The highest BCUT2D eigenvalue weighted by Crippen LogP contribution is 2.08. The third-order valence-electron chi connectivity index (χ3n) is 2.44. The number of rotatable bonds is 6. The average molecular weight is 205 g/mol. The summed E-state index contributed by atoms with van der Waals surface area (Å²) < 4.78 is 5.36. The Kier molecular flexibility index (Phi) is 4.91. The molecule has 1 rings (SSSR count). The monoisotopic (exact) mass is 205 g/mol. The zero-order valence-electron chi connectivity index (χ0n) is 9.52. The van der Waals surface area contributed by atoms with E-state index in [2.05, 4.69) is 42.7 Å². The van der Waals surface area contributed by atoms with Crippen molar-refractivity contribution in [2.45, 2.75) is 26.6 Å². The highest BCUT2D eigenvalue weighted by Gasteiger charge is 2.11. The summed E-state index contributed by atoms with van der Waals surface area (Å²) in [6.45, 7) is 9.61. The van der Waals surface area contributed by atoms with Gasteiger partial charge < -0.3 is 4.74 Å². The lowest BCUT2D eigenvalue weighted by atomic mass is 10.2. The molecular weight excluding hydrogens is 186 g/mol. The summed E-state index contributed by atoms with van der Waals surface area (Å²) in [7, 11) is 0. The Morgan fingerprint density at radius 2 is 2.07 bits per heavy atom. The van der Waals surface area contributed by atoms with Crippen LogP contribution in [0.3, 0.4) is 0 Å². The summed E-state index contributed by atoms with van der Waals surface area (Å²) in [5.41, 5.74) is 1.30. The maximum Gasteiger partial charge on any atom is 0.149 e. The highest BCUT2D eigenvalue weighted by molar-refractivity contribution is 5.14. The van der Waals surface area contributed by atoms with Crippen molar-refractivity contribution < 1.29 is 4.74 Å². The molecule has 1 aromatic rings. The third kappa shape index (κ3) is 3.76. The van der Waals surface area contributed by atoms with E-state index in [0.717, 1.165) is 13.1 Å². The topological polar surface area (TPSA) is 12.5 Å². The number of hydrogen-bond donors (Lipinski definition) is 0. The fraction of sp³-hybridized carbons (Fsp3) is 0.385. The predicted octanol–water partition coefficient (Wildman–Crippen LogP) is 3.01. The van der Waals surface area contributed by atoms with Gasteiger partial charge >= 0.3 is 0 Å². The first-order chi connectivity index (χ1) is 7.27. The second-order valence-corrected chi connectivity index (χ2v) is 3.45. The van der Waals surface area contributed by atoms with E-state index in [0.29, 0.717) is 0 Å². The van der Waals surface area contributed by atoms with Crippen molar-refractivity contribution in [2.75, 3.05) is 6.54 Å². The standard InChI is InChI=1S/C13H19NO/c1-4-14(12(3)15-5-2)11-13-9-7-6-8-10-13/h5-10,12H,2,4,11H2,1,3H3. The lowest BCUT2D eigenvalue weighted by molar-refractivity contribution is 0.00381. The molecule has 1 unspecified atom stereocenters. The third-order valence-corrected chi connectivity index (χ3v) is 2.44. The van der Waals surface area contributed by atoms with Crippen molar-refractivity contribution in [3.63, 3.8) is 0 Å². The van der Waals surface area contributed by atoms with E-state index in [1.54, 1.807) is 0 Å². The van der Waals surface area contributed by atoms with Crippen LogP contribution in [0.5, 0.6) is 0 Å². The Morgan fingerprint density at radius 3 is 2.60 bits per heavy atom. The minimum absolute atomic E-state index is 0.0766. The van der Waals surface area contributed by atoms with Gasteiger partial charge in [-0.3, -0.25) is 4.90 Å². The number of ether oxygens (including phenoxy) is 1. The van der Waals surface area contributed by atoms with Gasteiger partial charge in [-0.05, 0) is 19.0 Å². The van der Waals surface area contributed by atoms with Crippen molar-refractivity contribution in [3.8, 4) is 0 Å². The van der Waals surface area contributed by atoms with E-state index >= 15 is 0 Å². The Balaban J connectivity index is 2.57. The summed E-state index contributed by atoms with van der Waals surface area (Å²) in [4.78, 5) is 2.25. The van der Waals surface area contributed by atoms with Crippen LogP contribution in [0.2, 0.25) is 0 Å². The molecule has 0 aromatic heterocycles. The summed E-state index contributed by atoms with van der Waals surface area (Å²) in [6, 6.07) is 10.4. The van der Waals surface area contributed by atoms with Crippen LogP contribution in [0.15, 0.2) is 43.2 Å². The molecule has 82 valence electrons. The molecule has 0 aliphatic heterocycles. The summed E-state index contributed by atoms with van der Waals surface area (Å²) in [5, 5.41) is 0. The van der Waals surface area contributed by atoms with E-state index < -0.39 is 0 Å². The summed E-state index contributed by atoms with van der Waals surface area (Å²) in [6.07, 6.45) is 1.57. The Hall–Kier alpha value is -1.28. The first-order valence-electron chi connectivity index (χ1n) is 5.32. The lowest BCUT2D eigenvalue weighted by Gasteiger charge is -2.26. The second kappa shape index (κ2) is 6.25. The number of benzene rings is 1. The van der Waals surface area contributed by atoms with Crippen LogP contribution >= 0.6 is 0 Å². The lowest BCUT2D eigenvalue weighted by Crippen LogP contribution is -2.33. The van der Waals surface area contributed by atoms with Gasteiger partial charge in [-0.1, -0.05) is 43.8 Å². The zero-order chi connectivity index (χ0) is 11.1. The number of hydrogen-bond acceptors (Lipinski definition) is 2. The molecule has 0 N–H and O–H groups in total. The molecular formula is C13H19NO. The molecule has 0 fully saturated rings. The molecule has 0 saturated carbocycles. The van der Waals surface area contributed by atoms with Crippen molar-refractivity contribution in [3.05, 3.63) is 48.7 Å². The molecule has 2 nitrogen and oxygen atoms in total. The predicted molar refractivity (Wildman–Crippen MR) is 63.3 cm³/mol. The van der Waals surface area contributed by atoms with Gasteiger partial charge in [-0.2, -0.15) is 0 Å². The molecule has 1 atom stereocenters. The smallest absolute Gasteiger partial charge is 0.149 e. The summed E-state index contributed by atoms with van der Waals surface area (Å²) in [5.74, 6) is 0. The summed E-state index contributed by atoms with van der Waals surface area (Å²) >= 11 is 0. The van der Waals surface area contributed by atoms with Gasteiger partial charge in [0.15, 0.2) is 0 Å². The fourth-order valence-corrected chi connectivity index (χ4v) is 1.54. The SMILES string of the molecule is C=COC(C)N(CC)Cc1ccccc1. The van der Waals surface area contributed by atoms with Gasteiger partial charge in [0.1, 0.15) is 6.23 Å². The molecule has 0 bridgehead atoms. The van der Waals surface area contributed by atoms with E-state index in [4.69, 9.17) is 4.74 Å². The largest absolute Gasteiger partial charge is 0.484 e. The van der Waals surface area contributed by atoms with Crippen LogP contribution in [0, 0.1) is 0 Å². The van der Waals surface area contributed by atoms with Gasteiger partial charge in [0.05, 0.1) is 6.26 Å². The van der Waals surface area contributed by atoms with Crippen molar-refractivity contribution in [1.29, 1.82) is 0 Å². The Bertz CT molecular complexity index is 284. The molecule has 0 saturated heterocycles. The molecule has 15 heavy (non-hydrogen) atoms. The van der Waals surface area contributed by atoms with Gasteiger partial charge in [0.2, 0.25) is 0 Å². The van der Waals surface area contributed by atoms with Gasteiger partial charge in [-0.15, -0.1) is 0 Å². The fourth-order valence-electron chi connectivity index (χ4n) is 1.54. The van der Waals surface area contributed by atoms with Crippen molar-refractivity contribution in [1.82, 2.24) is 4.90 Å². The van der Waals surface area contributed by atoms with Gasteiger partial charge in [0.25, 0.3) is 0 Å². The van der Waals surface area contributed by atoms with E-state index in [1.807, 2.05) is 13.0 Å². The van der Waals surface area contributed by atoms with Gasteiger partial charge in [-0.25, -0.2) is 0 Å². The van der Waals surface area contributed by atoms with Crippen molar-refractivity contribution in [2.24, 2.45) is 0 Å². The van der Waals surface area contributed by atoms with Crippen LogP contribution < -0.4 is 0 Å². The normalized spacial score (nSPS) is 12.5. The minimum Gasteiger partial charge on any atom is -0.484 e. The average Bonchev–Trinajstić information content (AvgIpc) is 2.27. The molecule has 1 aromatic carbocycles. The quantitative estimate of drug-likeness (QED) is 0.523. The second-order valence-electron chi connectivity index (χ2n) is 3.45. The van der Waals surface area contributed by atoms with Crippen LogP contribution in [0.1, 0.15) is 19.4 Å². The maximum absolute atomic E-state index is 5.36. The van der Waals surface area contributed by atoms with E-state index in [9.17, 15) is 0 Å². The number of nitrogens with zero attached hydrogens (tertiary/aromatic N) is 1. The maximum atomic E-state index is 5.36. The van der Waals surface area contributed by atoms with Crippen LogP contribution in [0.4, 0.5) is 0 Å². The molecule has 0 aliphatic rings. The molecule has 0 heterocycles. The van der Waals surface area contributed by atoms with E-state index in [1.165, 1.54) is 11.8 Å². The van der Waals surface area contributed by atoms with Crippen LogP contribution in [-0.4, -0.2) is 17.7 Å². The minimum atomic E-state index is 0.0766. The molecule has 0 spiro atoms. The zero-order valence-corrected chi connectivity index (χ0v) is 9.52. The molecule has 0 aliphatic carbocycles.